The molecule has 0 aliphatic carbocycles. The molecule has 3 nitrogen and oxygen atoms in total. The Bertz CT molecular complexity index is 717. The summed E-state index contributed by atoms with van der Waals surface area (Å²) in [6.07, 6.45) is 3.40. The highest BCUT2D eigenvalue weighted by Crippen LogP contribution is 2.26. The second kappa shape index (κ2) is 5.70. The number of hydrogen-bond acceptors (Lipinski definition) is 3. The summed E-state index contributed by atoms with van der Waals surface area (Å²) in [5.74, 6) is 0.558. The molecule has 3 aromatic rings. The van der Waals surface area contributed by atoms with Crippen LogP contribution in [0.2, 0.25) is 10.2 Å². The Kier molecular flexibility index (Phi) is 4.20. The van der Waals surface area contributed by atoms with Gasteiger partial charge >= 0.3 is 0 Å². The van der Waals surface area contributed by atoms with Gasteiger partial charge in [0, 0.05) is 28.4 Å². The molecule has 19 heavy (non-hydrogen) atoms. The molecule has 0 aliphatic rings. The van der Waals surface area contributed by atoms with Crippen molar-refractivity contribution in [3.8, 4) is 11.4 Å². The fourth-order valence-electron chi connectivity index (χ4n) is 1.69. The second-order valence-corrected chi connectivity index (χ2v) is 4.54. The Hall–Kier alpha value is -1.42. The first-order chi connectivity index (χ1) is 8.74. The normalized spacial score (nSPS) is 10.2. The van der Waals surface area contributed by atoms with Crippen LogP contribution in [0.1, 0.15) is 0 Å². The van der Waals surface area contributed by atoms with E-state index in [0.717, 1.165) is 16.5 Å². The Labute approximate surface area is 126 Å². The van der Waals surface area contributed by atoms with Crippen LogP contribution in [0.4, 0.5) is 0 Å². The number of hydrogen-bond donors (Lipinski definition) is 0. The van der Waals surface area contributed by atoms with Gasteiger partial charge in [0.15, 0.2) is 5.82 Å². The van der Waals surface area contributed by atoms with Crippen LogP contribution in [0.5, 0.6) is 0 Å². The molecule has 96 valence electrons. The van der Waals surface area contributed by atoms with E-state index >= 15 is 0 Å². The lowest BCUT2D eigenvalue weighted by molar-refractivity contribution is 1.21. The van der Waals surface area contributed by atoms with Crippen molar-refractivity contribution >= 4 is 46.5 Å². The summed E-state index contributed by atoms with van der Waals surface area (Å²) < 4.78 is 0. The quantitative estimate of drug-likeness (QED) is 0.624. The Morgan fingerprint density at radius 1 is 1.00 bits per heavy atom. The average Bonchev–Trinajstić information content (AvgIpc) is 2.40. The first-order valence-electron chi connectivity index (χ1n) is 5.27. The maximum Gasteiger partial charge on any atom is 0.163 e. The van der Waals surface area contributed by atoms with E-state index in [-0.39, 0.29) is 12.4 Å². The van der Waals surface area contributed by atoms with Crippen molar-refractivity contribution < 1.29 is 0 Å². The van der Waals surface area contributed by atoms with Crippen molar-refractivity contribution in [3.63, 3.8) is 0 Å². The highest BCUT2D eigenvalue weighted by Gasteiger charge is 2.08. The molecular formula is C13H8Cl3N3. The topological polar surface area (TPSA) is 38.7 Å². The van der Waals surface area contributed by atoms with Crippen LogP contribution < -0.4 is 0 Å². The minimum atomic E-state index is 0. The van der Waals surface area contributed by atoms with Crippen molar-refractivity contribution in [2.75, 3.05) is 0 Å². The highest BCUT2D eigenvalue weighted by atomic mass is 35.5. The molecule has 0 unspecified atom stereocenters. The van der Waals surface area contributed by atoms with Gasteiger partial charge in [0.25, 0.3) is 0 Å². The van der Waals surface area contributed by atoms with Gasteiger partial charge in [-0.2, -0.15) is 0 Å². The monoisotopic (exact) mass is 311 g/mol. The van der Waals surface area contributed by atoms with Crippen molar-refractivity contribution in [2.45, 2.75) is 0 Å². The summed E-state index contributed by atoms with van der Waals surface area (Å²) >= 11 is 12.1. The lowest BCUT2D eigenvalue weighted by Gasteiger charge is -2.04. The molecule has 0 N–H and O–H groups in total. The Morgan fingerprint density at radius 3 is 2.58 bits per heavy atom. The average molecular weight is 313 g/mol. The van der Waals surface area contributed by atoms with Crippen molar-refractivity contribution in [1.82, 2.24) is 15.0 Å². The predicted octanol–water partition coefficient (Wildman–Crippen LogP) is 4.42. The molecule has 0 aliphatic heterocycles. The van der Waals surface area contributed by atoms with E-state index in [1.165, 1.54) is 0 Å². The van der Waals surface area contributed by atoms with E-state index in [2.05, 4.69) is 15.0 Å². The molecule has 2 heterocycles. The lowest BCUT2D eigenvalue weighted by atomic mass is 10.2. The van der Waals surface area contributed by atoms with Gasteiger partial charge in [0.05, 0.1) is 5.52 Å². The molecule has 2 aromatic heterocycles. The highest BCUT2D eigenvalue weighted by molar-refractivity contribution is 6.35. The molecule has 0 fully saturated rings. The van der Waals surface area contributed by atoms with Crippen LogP contribution in [0.25, 0.3) is 22.3 Å². The third-order valence-electron chi connectivity index (χ3n) is 2.53. The standard InChI is InChI=1S/C13H7Cl2N3.ClH/c14-9-3-4-11-10(6-9)12(15)18-13(17-11)8-2-1-5-16-7-8;/h1-7H;1H. The molecule has 0 atom stereocenters. The van der Waals surface area contributed by atoms with Gasteiger partial charge in [-0.1, -0.05) is 23.2 Å². The van der Waals surface area contributed by atoms with Crippen LogP contribution in [0, 0.1) is 0 Å². The van der Waals surface area contributed by atoms with Crippen LogP contribution in [0.3, 0.4) is 0 Å². The number of aromatic nitrogens is 3. The SMILES string of the molecule is Cl.Clc1ccc2nc(-c3cccnc3)nc(Cl)c2c1. The van der Waals surface area contributed by atoms with Gasteiger partial charge in [-0.25, -0.2) is 9.97 Å². The summed E-state index contributed by atoms with van der Waals surface area (Å²) in [5.41, 5.74) is 1.59. The Morgan fingerprint density at radius 2 is 1.84 bits per heavy atom. The summed E-state index contributed by atoms with van der Waals surface area (Å²) in [4.78, 5) is 12.8. The molecule has 0 saturated carbocycles. The first-order valence-corrected chi connectivity index (χ1v) is 6.03. The number of pyridine rings is 1. The van der Waals surface area contributed by atoms with Crippen LogP contribution >= 0.6 is 35.6 Å². The van der Waals surface area contributed by atoms with E-state index < -0.39 is 0 Å². The molecule has 0 radical (unpaired) electrons. The van der Waals surface area contributed by atoms with Crippen molar-refractivity contribution in [3.05, 3.63) is 52.9 Å². The van der Waals surface area contributed by atoms with E-state index in [9.17, 15) is 0 Å². The zero-order valence-electron chi connectivity index (χ0n) is 9.55. The lowest BCUT2D eigenvalue weighted by Crippen LogP contribution is -1.92. The zero-order valence-corrected chi connectivity index (χ0v) is 11.9. The molecule has 0 saturated heterocycles. The van der Waals surface area contributed by atoms with E-state index in [1.807, 2.05) is 18.2 Å². The van der Waals surface area contributed by atoms with E-state index in [4.69, 9.17) is 23.2 Å². The molecular weight excluding hydrogens is 305 g/mol. The maximum absolute atomic E-state index is 6.15. The third kappa shape index (κ3) is 2.78. The summed E-state index contributed by atoms with van der Waals surface area (Å²) in [6, 6.07) is 9.08. The summed E-state index contributed by atoms with van der Waals surface area (Å²) in [7, 11) is 0. The van der Waals surface area contributed by atoms with Gasteiger partial charge in [0.1, 0.15) is 5.15 Å². The van der Waals surface area contributed by atoms with Crippen LogP contribution in [-0.2, 0) is 0 Å². The number of benzene rings is 1. The zero-order chi connectivity index (χ0) is 12.5. The molecule has 0 spiro atoms. The first kappa shape index (κ1) is 14.0. The van der Waals surface area contributed by atoms with Crippen LogP contribution in [0.15, 0.2) is 42.7 Å². The molecule has 3 rings (SSSR count). The maximum atomic E-state index is 6.15. The van der Waals surface area contributed by atoms with Crippen molar-refractivity contribution in [2.24, 2.45) is 0 Å². The van der Waals surface area contributed by atoms with Gasteiger partial charge in [-0.3, -0.25) is 4.98 Å². The Balaban J connectivity index is 0.00000133. The van der Waals surface area contributed by atoms with Gasteiger partial charge in [0.2, 0.25) is 0 Å². The molecule has 0 amide bonds. The van der Waals surface area contributed by atoms with Gasteiger partial charge in [-0.15, -0.1) is 12.4 Å². The number of fused-ring (bicyclic) bond motifs is 1. The smallest absolute Gasteiger partial charge is 0.163 e. The third-order valence-corrected chi connectivity index (χ3v) is 3.05. The minimum Gasteiger partial charge on any atom is -0.264 e. The summed E-state index contributed by atoms with van der Waals surface area (Å²) in [5, 5.41) is 1.75. The van der Waals surface area contributed by atoms with Gasteiger partial charge in [-0.05, 0) is 30.3 Å². The van der Waals surface area contributed by atoms with Gasteiger partial charge < -0.3 is 0 Å². The fraction of sp³-hybridized carbons (Fsp3) is 0. The number of rotatable bonds is 1. The fourth-order valence-corrected chi connectivity index (χ4v) is 2.09. The van der Waals surface area contributed by atoms with Crippen LogP contribution in [-0.4, -0.2) is 15.0 Å². The minimum absolute atomic E-state index is 0. The number of halogens is 3. The molecule has 6 heteroatoms. The molecule has 1 aromatic carbocycles. The largest absolute Gasteiger partial charge is 0.264 e. The summed E-state index contributed by atoms with van der Waals surface area (Å²) in [6.45, 7) is 0. The van der Waals surface area contributed by atoms with Crippen molar-refractivity contribution in [1.29, 1.82) is 0 Å². The number of nitrogens with zero attached hydrogens (tertiary/aromatic N) is 3. The second-order valence-electron chi connectivity index (χ2n) is 3.74. The van der Waals surface area contributed by atoms with E-state index in [0.29, 0.717) is 16.0 Å². The molecule has 0 bridgehead atoms. The predicted molar refractivity (Wildman–Crippen MR) is 80.0 cm³/mol. The van der Waals surface area contributed by atoms with E-state index in [1.54, 1.807) is 24.5 Å².